The number of hydrogen-bond acceptors (Lipinski definition) is 1. The fourth-order valence-electron chi connectivity index (χ4n) is 8.89. The van der Waals surface area contributed by atoms with Crippen molar-refractivity contribution in [2.75, 3.05) is 6.61 Å². The van der Waals surface area contributed by atoms with Gasteiger partial charge < -0.3 is 4.74 Å². The number of rotatable bonds is 0. The molecule has 0 amide bonds. The van der Waals surface area contributed by atoms with E-state index in [-0.39, 0.29) is 5.60 Å². The zero-order chi connectivity index (χ0) is 16.4. The zero-order valence-corrected chi connectivity index (χ0v) is 16.1. The molecule has 0 radical (unpaired) electrons. The molecule has 0 bridgehead atoms. The van der Waals surface area contributed by atoms with Crippen molar-refractivity contribution >= 4 is 0 Å². The quantitative estimate of drug-likeness (QED) is 0.502. The van der Waals surface area contributed by atoms with E-state index in [4.69, 9.17) is 4.74 Å². The molecule has 4 unspecified atom stereocenters. The van der Waals surface area contributed by atoms with E-state index in [1.165, 1.54) is 77.0 Å². The van der Waals surface area contributed by atoms with Crippen LogP contribution in [0.15, 0.2) is 0 Å². The minimum atomic E-state index is 0.269. The Balaban J connectivity index is 1.45. The van der Waals surface area contributed by atoms with Crippen LogP contribution in [0.25, 0.3) is 0 Å². The van der Waals surface area contributed by atoms with E-state index in [9.17, 15) is 0 Å². The normalized spacial score (nSPS) is 57.2. The van der Waals surface area contributed by atoms with Crippen LogP contribution in [0.3, 0.4) is 0 Å². The highest BCUT2D eigenvalue weighted by Gasteiger charge is 2.65. The highest BCUT2D eigenvalue weighted by Crippen LogP contribution is 2.69. The molecule has 7 atom stereocenters. The summed E-state index contributed by atoms with van der Waals surface area (Å²) in [4.78, 5) is 0. The topological polar surface area (TPSA) is 9.23 Å². The molecule has 1 nitrogen and oxygen atoms in total. The van der Waals surface area contributed by atoms with E-state index in [2.05, 4.69) is 13.8 Å². The molecule has 1 aliphatic heterocycles. The molecule has 0 aromatic carbocycles. The van der Waals surface area contributed by atoms with Gasteiger partial charge in [-0.1, -0.05) is 26.7 Å². The van der Waals surface area contributed by atoms with Crippen LogP contribution in [-0.2, 0) is 4.74 Å². The Bertz CT molecular complexity index is 492. The van der Waals surface area contributed by atoms with Gasteiger partial charge in [-0.25, -0.2) is 0 Å². The molecule has 5 rings (SSSR count). The lowest BCUT2D eigenvalue weighted by molar-refractivity contribution is -0.187. The maximum Gasteiger partial charge on any atom is 0.0738 e. The van der Waals surface area contributed by atoms with Gasteiger partial charge in [0.25, 0.3) is 0 Å². The molecular weight excluding hydrogens is 292 g/mol. The molecule has 24 heavy (non-hydrogen) atoms. The van der Waals surface area contributed by atoms with Crippen LogP contribution >= 0.6 is 0 Å². The van der Waals surface area contributed by atoms with Crippen LogP contribution in [0.1, 0.15) is 97.3 Å². The first kappa shape index (κ1) is 16.2. The molecule has 4 saturated carbocycles. The minimum Gasteiger partial charge on any atom is -0.374 e. The molecule has 1 heterocycles. The molecule has 0 aromatic heterocycles. The van der Waals surface area contributed by atoms with Crippen molar-refractivity contribution in [2.45, 2.75) is 103 Å². The summed E-state index contributed by atoms with van der Waals surface area (Å²) < 4.78 is 6.61. The smallest absolute Gasteiger partial charge is 0.0738 e. The molecule has 1 spiro atoms. The molecule has 5 aliphatic rings. The van der Waals surface area contributed by atoms with E-state index < -0.39 is 0 Å². The summed E-state index contributed by atoms with van der Waals surface area (Å²) in [5.74, 6) is 4.08. The second kappa shape index (κ2) is 5.48. The summed E-state index contributed by atoms with van der Waals surface area (Å²) in [5.41, 5.74) is 1.45. The lowest BCUT2D eigenvalue weighted by atomic mass is 9.44. The van der Waals surface area contributed by atoms with Gasteiger partial charge in [0, 0.05) is 6.61 Å². The SMILES string of the molecule is C[C@]12CCCCC1CCC1C2CC[C@@]2(C)C1CC[C@@]21CCCCO1. The third-order valence-electron chi connectivity index (χ3n) is 10.2. The number of hydrogen-bond donors (Lipinski definition) is 0. The molecule has 1 heteroatoms. The summed E-state index contributed by atoms with van der Waals surface area (Å²) >= 11 is 0. The standard InChI is InChI=1S/C23H38O/c1-21-12-4-3-7-17(21)8-9-18-19(21)10-14-22(2)20(18)11-15-23(22)13-5-6-16-24-23/h17-20H,3-16H2,1-2H3/t17?,18?,19?,20?,21-,22-,23-/m0/s1. The predicted octanol–water partition coefficient (Wildman–Crippen LogP) is 6.36. The molecule has 5 fully saturated rings. The second-order valence-electron chi connectivity index (χ2n) is 10.7. The van der Waals surface area contributed by atoms with Crippen molar-refractivity contribution in [2.24, 2.45) is 34.5 Å². The van der Waals surface area contributed by atoms with E-state index >= 15 is 0 Å². The van der Waals surface area contributed by atoms with Gasteiger partial charge in [-0.15, -0.1) is 0 Å². The molecular formula is C23H38O. The van der Waals surface area contributed by atoms with Crippen molar-refractivity contribution in [3.63, 3.8) is 0 Å². The number of ether oxygens (including phenoxy) is 1. The average Bonchev–Trinajstić information content (AvgIpc) is 2.88. The van der Waals surface area contributed by atoms with Crippen molar-refractivity contribution < 1.29 is 4.74 Å². The van der Waals surface area contributed by atoms with E-state index in [0.29, 0.717) is 10.8 Å². The third kappa shape index (κ3) is 1.97. The fourth-order valence-corrected chi connectivity index (χ4v) is 8.89. The first-order valence-corrected chi connectivity index (χ1v) is 11.2. The highest BCUT2D eigenvalue weighted by molar-refractivity contribution is 5.14. The second-order valence-corrected chi connectivity index (χ2v) is 10.7. The third-order valence-corrected chi connectivity index (χ3v) is 10.2. The summed E-state index contributed by atoms with van der Waals surface area (Å²) in [6.45, 7) is 6.40. The average molecular weight is 331 g/mol. The Labute approximate surface area is 149 Å². The largest absolute Gasteiger partial charge is 0.374 e. The van der Waals surface area contributed by atoms with Crippen LogP contribution < -0.4 is 0 Å². The lowest BCUT2D eigenvalue weighted by Gasteiger charge is -2.62. The molecule has 136 valence electrons. The number of fused-ring (bicyclic) bond motifs is 6. The first-order chi connectivity index (χ1) is 11.6. The van der Waals surface area contributed by atoms with Crippen molar-refractivity contribution in [3.05, 3.63) is 0 Å². The van der Waals surface area contributed by atoms with Gasteiger partial charge in [-0.2, -0.15) is 0 Å². The van der Waals surface area contributed by atoms with Gasteiger partial charge in [-0.05, 0) is 105 Å². The van der Waals surface area contributed by atoms with Gasteiger partial charge >= 0.3 is 0 Å². The zero-order valence-electron chi connectivity index (χ0n) is 16.1. The molecule has 1 saturated heterocycles. The van der Waals surface area contributed by atoms with E-state index in [0.717, 1.165) is 30.3 Å². The van der Waals surface area contributed by atoms with Crippen LogP contribution in [0.5, 0.6) is 0 Å². The van der Waals surface area contributed by atoms with Gasteiger partial charge in [0.2, 0.25) is 0 Å². The highest BCUT2D eigenvalue weighted by atomic mass is 16.5. The van der Waals surface area contributed by atoms with Crippen LogP contribution in [0, 0.1) is 34.5 Å². The lowest BCUT2D eigenvalue weighted by Crippen LogP contribution is -2.57. The fraction of sp³-hybridized carbons (Fsp3) is 1.00. The predicted molar refractivity (Wildman–Crippen MR) is 98.9 cm³/mol. The summed E-state index contributed by atoms with van der Waals surface area (Å²) in [7, 11) is 0. The Hall–Kier alpha value is -0.0400. The van der Waals surface area contributed by atoms with Gasteiger partial charge in [0.05, 0.1) is 5.60 Å². The van der Waals surface area contributed by atoms with Gasteiger partial charge in [-0.3, -0.25) is 0 Å². The minimum absolute atomic E-state index is 0.269. The summed E-state index contributed by atoms with van der Waals surface area (Å²) in [5, 5.41) is 0. The molecule has 0 aromatic rings. The van der Waals surface area contributed by atoms with Gasteiger partial charge in [0.1, 0.15) is 0 Å². The first-order valence-electron chi connectivity index (χ1n) is 11.2. The monoisotopic (exact) mass is 330 g/mol. The molecule has 0 N–H and O–H groups in total. The Morgan fingerprint density at radius 2 is 1.54 bits per heavy atom. The van der Waals surface area contributed by atoms with E-state index in [1.807, 2.05) is 0 Å². The van der Waals surface area contributed by atoms with Crippen molar-refractivity contribution in [1.82, 2.24) is 0 Å². The maximum atomic E-state index is 6.61. The summed E-state index contributed by atoms with van der Waals surface area (Å²) in [6.07, 6.45) is 19.0. The Morgan fingerprint density at radius 3 is 2.38 bits per heavy atom. The van der Waals surface area contributed by atoms with E-state index in [1.54, 1.807) is 6.42 Å². The van der Waals surface area contributed by atoms with Gasteiger partial charge in [0.15, 0.2) is 0 Å². The Morgan fingerprint density at radius 1 is 0.708 bits per heavy atom. The summed E-state index contributed by atoms with van der Waals surface area (Å²) in [6, 6.07) is 0. The van der Waals surface area contributed by atoms with Crippen LogP contribution in [-0.4, -0.2) is 12.2 Å². The maximum absolute atomic E-state index is 6.61. The van der Waals surface area contributed by atoms with Crippen LogP contribution in [0.4, 0.5) is 0 Å². The van der Waals surface area contributed by atoms with Crippen LogP contribution in [0.2, 0.25) is 0 Å². The molecule has 4 aliphatic carbocycles. The Kier molecular flexibility index (Phi) is 3.69. The van der Waals surface area contributed by atoms with Crippen molar-refractivity contribution in [1.29, 1.82) is 0 Å². The van der Waals surface area contributed by atoms with Crippen molar-refractivity contribution in [3.8, 4) is 0 Å².